The normalized spacial score (nSPS) is 10.8. The number of fused-ring (bicyclic) bond motifs is 1. The van der Waals surface area contributed by atoms with Crippen molar-refractivity contribution in [1.29, 1.82) is 0 Å². The van der Waals surface area contributed by atoms with Gasteiger partial charge in [-0.2, -0.15) is 5.10 Å². The Hall–Kier alpha value is -3.38. The second kappa shape index (κ2) is 7.70. The van der Waals surface area contributed by atoms with Gasteiger partial charge in [0.1, 0.15) is 11.3 Å². The molecule has 0 saturated carbocycles. The standard InChI is InChI=1S/C21H17ClN4O2/c1-28-19-5-3-2-4-15(19)12-24-21(27)17-13-25-26-18(10-11-23-20(17)26)14-6-8-16(22)9-7-14/h2-11,13H,12H2,1H3,(H,24,27). The summed E-state index contributed by atoms with van der Waals surface area (Å²) >= 11 is 5.97. The largest absolute Gasteiger partial charge is 0.496 e. The number of carbonyl (C=O) groups excluding carboxylic acids is 1. The molecule has 0 bridgehead atoms. The summed E-state index contributed by atoms with van der Waals surface area (Å²) in [6.07, 6.45) is 3.19. The average Bonchev–Trinajstić information content (AvgIpc) is 3.17. The number of methoxy groups -OCH3 is 1. The Morgan fingerprint density at radius 2 is 1.93 bits per heavy atom. The van der Waals surface area contributed by atoms with Gasteiger partial charge in [-0.15, -0.1) is 0 Å². The lowest BCUT2D eigenvalue weighted by Gasteiger charge is -2.09. The fourth-order valence-corrected chi connectivity index (χ4v) is 3.14. The van der Waals surface area contributed by atoms with Crippen LogP contribution in [0.25, 0.3) is 16.9 Å². The van der Waals surface area contributed by atoms with E-state index in [1.54, 1.807) is 17.8 Å². The van der Waals surface area contributed by atoms with Crippen molar-refractivity contribution in [3.63, 3.8) is 0 Å². The zero-order chi connectivity index (χ0) is 19.5. The van der Waals surface area contributed by atoms with E-state index in [9.17, 15) is 4.79 Å². The molecule has 0 atom stereocenters. The molecule has 0 aliphatic heterocycles. The maximum Gasteiger partial charge on any atom is 0.257 e. The number of ether oxygens (including phenoxy) is 1. The van der Waals surface area contributed by atoms with Gasteiger partial charge in [-0.1, -0.05) is 41.9 Å². The molecule has 28 heavy (non-hydrogen) atoms. The van der Waals surface area contributed by atoms with Crippen molar-refractivity contribution < 1.29 is 9.53 Å². The third-order valence-corrected chi connectivity index (χ3v) is 4.67. The van der Waals surface area contributed by atoms with Gasteiger partial charge in [0.25, 0.3) is 5.91 Å². The van der Waals surface area contributed by atoms with Gasteiger partial charge in [0, 0.05) is 28.9 Å². The lowest BCUT2D eigenvalue weighted by molar-refractivity contribution is 0.0952. The number of aromatic nitrogens is 3. The predicted molar refractivity (Wildman–Crippen MR) is 108 cm³/mol. The molecule has 2 aromatic carbocycles. The van der Waals surface area contributed by atoms with Crippen molar-refractivity contribution >= 4 is 23.2 Å². The van der Waals surface area contributed by atoms with Crippen LogP contribution >= 0.6 is 11.6 Å². The van der Waals surface area contributed by atoms with Gasteiger partial charge in [0.15, 0.2) is 5.65 Å². The smallest absolute Gasteiger partial charge is 0.257 e. The summed E-state index contributed by atoms with van der Waals surface area (Å²) in [5.74, 6) is 0.479. The van der Waals surface area contributed by atoms with Gasteiger partial charge < -0.3 is 10.1 Å². The molecule has 0 fully saturated rings. The summed E-state index contributed by atoms with van der Waals surface area (Å²) in [4.78, 5) is 17.1. The van der Waals surface area contributed by atoms with E-state index in [0.29, 0.717) is 22.8 Å². The average molecular weight is 393 g/mol. The van der Waals surface area contributed by atoms with E-state index in [1.165, 1.54) is 6.20 Å². The molecule has 6 nitrogen and oxygen atoms in total. The van der Waals surface area contributed by atoms with Gasteiger partial charge in [0.2, 0.25) is 0 Å². The summed E-state index contributed by atoms with van der Waals surface area (Å²) in [5.41, 5.74) is 3.55. The van der Waals surface area contributed by atoms with Crippen LogP contribution in [0.5, 0.6) is 5.75 Å². The van der Waals surface area contributed by atoms with E-state index in [4.69, 9.17) is 16.3 Å². The first-order valence-corrected chi connectivity index (χ1v) is 9.04. The maximum atomic E-state index is 12.7. The fraction of sp³-hybridized carbons (Fsp3) is 0.0952. The number of para-hydroxylation sites is 1. The van der Waals surface area contributed by atoms with Gasteiger partial charge in [0.05, 0.1) is 19.0 Å². The topological polar surface area (TPSA) is 68.5 Å². The Labute approximate surface area is 166 Å². The first-order valence-electron chi connectivity index (χ1n) is 8.66. The molecule has 140 valence electrons. The molecular formula is C21H17ClN4O2. The van der Waals surface area contributed by atoms with E-state index in [-0.39, 0.29) is 5.91 Å². The van der Waals surface area contributed by atoms with E-state index >= 15 is 0 Å². The predicted octanol–water partition coefficient (Wildman–Crippen LogP) is 3.99. The second-order valence-corrected chi connectivity index (χ2v) is 6.56. The first kappa shape index (κ1) is 18.0. The van der Waals surface area contributed by atoms with Crippen LogP contribution in [-0.2, 0) is 6.54 Å². The van der Waals surface area contributed by atoms with Gasteiger partial charge >= 0.3 is 0 Å². The van der Waals surface area contributed by atoms with Crippen molar-refractivity contribution in [2.24, 2.45) is 0 Å². The Balaban J connectivity index is 1.62. The molecule has 2 heterocycles. The highest BCUT2D eigenvalue weighted by Crippen LogP contribution is 2.23. The van der Waals surface area contributed by atoms with Crippen LogP contribution in [0.3, 0.4) is 0 Å². The number of rotatable bonds is 5. The van der Waals surface area contributed by atoms with Crippen molar-refractivity contribution in [2.45, 2.75) is 6.54 Å². The van der Waals surface area contributed by atoms with Crippen LogP contribution in [-0.4, -0.2) is 27.6 Å². The van der Waals surface area contributed by atoms with E-state index in [1.807, 2.05) is 54.6 Å². The minimum absolute atomic E-state index is 0.248. The summed E-state index contributed by atoms with van der Waals surface area (Å²) in [6.45, 7) is 0.344. The lowest BCUT2D eigenvalue weighted by atomic mass is 10.1. The highest BCUT2D eigenvalue weighted by molar-refractivity contribution is 6.30. The Bertz CT molecular complexity index is 1140. The van der Waals surface area contributed by atoms with Gasteiger partial charge in [-0.25, -0.2) is 9.50 Å². The Morgan fingerprint density at radius 1 is 1.14 bits per heavy atom. The van der Waals surface area contributed by atoms with Crippen LogP contribution in [0.2, 0.25) is 5.02 Å². The first-order chi connectivity index (χ1) is 13.7. The minimum atomic E-state index is -0.248. The molecule has 0 spiro atoms. The van der Waals surface area contributed by atoms with E-state index < -0.39 is 0 Å². The molecule has 0 radical (unpaired) electrons. The monoisotopic (exact) mass is 392 g/mol. The molecule has 0 aliphatic rings. The van der Waals surface area contributed by atoms with E-state index in [2.05, 4.69) is 15.4 Å². The number of amides is 1. The molecule has 4 aromatic rings. The molecule has 0 unspecified atom stereocenters. The third-order valence-electron chi connectivity index (χ3n) is 4.42. The Kier molecular flexibility index (Phi) is 4.95. The second-order valence-electron chi connectivity index (χ2n) is 6.13. The SMILES string of the molecule is COc1ccccc1CNC(=O)c1cnn2c(-c3ccc(Cl)cc3)ccnc12. The van der Waals surface area contributed by atoms with Crippen LogP contribution in [0, 0.1) is 0 Å². The maximum absolute atomic E-state index is 12.7. The molecule has 4 rings (SSSR count). The van der Waals surface area contributed by atoms with E-state index in [0.717, 1.165) is 22.6 Å². The number of carbonyl (C=O) groups is 1. The van der Waals surface area contributed by atoms with Crippen molar-refractivity contribution in [1.82, 2.24) is 19.9 Å². The zero-order valence-corrected chi connectivity index (χ0v) is 15.8. The number of hydrogen-bond donors (Lipinski definition) is 1. The number of nitrogens with zero attached hydrogens (tertiary/aromatic N) is 3. The third kappa shape index (κ3) is 3.42. The summed E-state index contributed by atoms with van der Waals surface area (Å²) < 4.78 is 6.98. The zero-order valence-electron chi connectivity index (χ0n) is 15.1. The summed E-state index contributed by atoms with van der Waals surface area (Å²) in [6, 6.07) is 16.8. The fourth-order valence-electron chi connectivity index (χ4n) is 3.01. The summed E-state index contributed by atoms with van der Waals surface area (Å²) in [5, 5.41) is 7.93. The molecule has 1 N–H and O–H groups in total. The molecule has 0 aliphatic carbocycles. The lowest BCUT2D eigenvalue weighted by Crippen LogP contribution is -2.23. The van der Waals surface area contributed by atoms with Crippen molar-refractivity contribution in [3.05, 3.63) is 83.1 Å². The number of hydrogen-bond acceptors (Lipinski definition) is 4. The van der Waals surface area contributed by atoms with Crippen LogP contribution in [0.4, 0.5) is 0 Å². The van der Waals surface area contributed by atoms with Crippen LogP contribution < -0.4 is 10.1 Å². The Morgan fingerprint density at radius 3 is 2.71 bits per heavy atom. The van der Waals surface area contributed by atoms with Crippen LogP contribution in [0.1, 0.15) is 15.9 Å². The molecular weight excluding hydrogens is 376 g/mol. The van der Waals surface area contributed by atoms with Crippen molar-refractivity contribution in [2.75, 3.05) is 7.11 Å². The molecule has 7 heteroatoms. The molecule has 1 amide bonds. The van der Waals surface area contributed by atoms with Crippen molar-refractivity contribution in [3.8, 4) is 17.0 Å². The van der Waals surface area contributed by atoms with Gasteiger partial charge in [-0.05, 0) is 24.3 Å². The number of halogens is 1. The number of benzene rings is 2. The highest BCUT2D eigenvalue weighted by Gasteiger charge is 2.16. The highest BCUT2D eigenvalue weighted by atomic mass is 35.5. The quantitative estimate of drug-likeness (QED) is 0.557. The minimum Gasteiger partial charge on any atom is -0.496 e. The number of nitrogens with one attached hydrogen (secondary N) is 1. The molecule has 2 aromatic heterocycles. The summed E-state index contributed by atoms with van der Waals surface area (Å²) in [7, 11) is 1.61. The van der Waals surface area contributed by atoms with Gasteiger partial charge in [-0.3, -0.25) is 4.79 Å². The van der Waals surface area contributed by atoms with Crippen LogP contribution in [0.15, 0.2) is 67.0 Å². The molecule has 0 saturated heterocycles.